The van der Waals surface area contributed by atoms with Gasteiger partial charge < -0.3 is 5.11 Å². The molecule has 0 saturated carbocycles. The van der Waals surface area contributed by atoms with E-state index in [-0.39, 0.29) is 57.1 Å². The molecule has 0 fully saturated rings. The molecule has 0 aliphatic carbocycles. The van der Waals surface area contributed by atoms with Crippen LogP contribution in [0.1, 0.15) is 0 Å². The summed E-state index contributed by atoms with van der Waals surface area (Å²) in [7, 11) is 0. The van der Waals surface area contributed by atoms with Crippen LogP contribution in [0.4, 0.5) is 0 Å². The maximum Gasteiger partial charge on any atom is 1.00 e. The van der Waals surface area contributed by atoms with Gasteiger partial charge in [0.15, 0.2) is 0 Å². The predicted molar refractivity (Wildman–Crippen MR) is 51.3 cm³/mol. The van der Waals surface area contributed by atoms with Gasteiger partial charge in [-0.1, -0.05) is 54.6 Å². The Balaban J connectivity index is 0.000000980. The summed E-state index contributed by atoms with van der Waals surface area (Å²) < 4.78 is 0. The zero-order valence-electron chi connectivity index (χ0n) is 8.10. The van der Waals surface area contributed by atoms with Gasteiger partial charge in [-0.3, -0.25) is 0 Å². The van der Waals surface area contributed by atoms with Gasteiger partial charge in [-0.05, 0) is 11.1 Å². The average molecular weight is 208 g/mol. The molecular formula is C12H9KO. The maximum atomic E-state index is 11.4. The molecule has 2 rings (SSSR count). The van der Waals surface area contributed by atoms with E-state index in [0.29, 0.717) is 0 Å². The summed E-state index contributed by atoms with van der Waals surface area (Å²) >= 11 is 0. The normalized spacial score (nSPS) is 9.14. The molecule has 2 aromatic carbocycles. The summed E-state index contributed by atoms with van der Waals surface area (Å²) in [5.74, 6) is 0.0775. The van der Waals surface area contributed by atoms with Gasteiger partial charge >= 0.3 is 51.4 Å². The van der Waals surface area contributed by atoms with Crippen LogP contribution in [0.5, 0.6) is 5.75 Å². The average Bonchev–Trinajstić information content (AvgIpc) is 2.20. The Kier molecular flexibility index (Phi) is 4.85. The van der Waals surface area contributed by atoms with E-state index in [1.807, 2.05) is 42.5 Å². The van der Waals surface area contributed by atoms with Gasteiger partial charge in [-0.15, -0.1) is 5.75 Å². The molecule has 2 heteroatoms. The van der Waals surface area contributed by atoms with Crippen molar-refractivity contribution in [2.75, 3.05) is 0 Å². The van der Waals surface area contributed by atoms with Crippen molar-refractivity contribution in [1.29, 1.82) is 0 Å². The van der Waals surface area contributed by atoms with Gasteiger partial charge in [0.2, 0.25) is 0 Å². The molecule has 0 aliphatic heterocycles. The zero-order chi connectivity index (χ0) is 9.10. The first-order valence-corrected chi connectivity index (χ1v) is 4.19. The van der Waals surface area contributed by atoms with E-state index in [4.69, 9.17) is 0 Å². The summed E-state index contributed by atoms with van der Waals surface area (Å²) in [5, 5.41) is 11.4. The number of para-hydroxylation sites is 1. The molecule has 0 spiro atoms. The van der Waals surface area contributed by atoms with Crippen molar-refractivity contribution in [3.8, 4) is 16.9 Å². The van der Waals surface area contributed by atoms with Crippen LogP contribution < -0.4 is 56.5 Å². The molecular weight excluding hydrogens is 199 g/mol. The first-order chi connectivity index (χ1) is 6.38. The summed E-state index contributed by atoms with van der Waals surface area (Å²) in [4.78, 5) is 0. The Bertz CT molecular complexity index is 398. The van der Waals surface area contributed by atoms with E-state index >= 15 is 0 Å². The van der Waals surface area contributed by atoms with Crippen molar-refractivity contribution < 1.29 is 56.5 Å². The largest absolute Gasteiger partial charge is 1.00 e. The molecule has 14 heavy (non-hydrogen) atoms. The second-order valence-corrected chi connectivity index (χ2v) is 2.86. The molecule has 0 bridgehead atoms. The van der Waals surface area contributed by atoms with Crippen molar-refractivity contribution in [2.24, 2.45) is 0 Å². The standard InChI is InChI=1S/C12H10O.K/c13-12-9-5-4-8-11(12)10-6-2-1-3-7-10;/h1-9,13H;/q;+1/p-1. The molecule has 0 aliphatic rings. The van der Waals surface area contributed by atoms with E-state index in [1.165, 1.54) is 0 Å². The molecule has 1 nitrogen and oxygen atoms in total. The van der Waals surface area contributed by atoms with Crippen LogP contribution in [0.15, 0.2) is 54.6 Å². The van der Waals surface area contributed by atoms with E-state index in [2.05, 4.69) is 0 Å². The van der Waals surface area contributed by atoms with Crippen LogP contribution in [0.2, 0.25) is 0 Å². The summed E-state index contributed by atoms with van der Waals surface area (Å²) in [5.41, 5.74) is 1.75. The van der Waals surface area contributed by atoms with Crippen LogP contribution >= 0.6 is 0 Å². The van der Waals surface area contributed by atoms with Gasteiger partial charge in [0, 0.05) is 0 Å². The fourth-order valence-corrected chi connectivity index (χ4v) is 1.32. The second-order valence-electron chi connectivity index (χ2n) is 2.86. The maximum absolute atomic E-state index is 11.4. The van der Waals surface area contributed by atoms with Crippen molar-refractivity contribution >= 4 is 0 Å². The van der Waals surface area contributed by atoms with Crippen LogP contribution in [-0.2, 0) is 0 Å². The van der Waals surface area contributed by atoms with Gasteiger partial charge in [-0.25, -0.2) is 0 Å². The third-order valence-electron chi connectivity index (χ3n) is 1.97. The molecule has 0 N–H and O–H groups in total. The van der Waals surface area contributed by atoms with Crippen LogP contribution in [0.25, 0.3) is 11.1 Å². The molecule has 0 unspecified atom stereocenters. The van der Waals surface area contributed by atoms with E-state index < -0.39 is 0 Å². The first kappa shape index (κ1) is 11.9. The summed E-state index contributed by atoms with van der Waals surface area (Å²) in [6, 6.07) is 16.8. The Morgan fingerprint density at radius 1 is 0.714 bits per heavy atom. The predicted octanol–water partition coefficient (Wildman–Crippen LogP) is -0.569. The van der Waals surface area contributed by atoms with Crippen LogP contribution in [-0.4, -0.2) is 0 Å². The smallest absolute Gasteiger partial charge is 0.872 e. The summed E-state index contributed by atoms with van der Waals surface area (Å²) in [6.07, 6.45) is 0. The van der Waals surface area contributed by atoms with Gasteiger partial charge in [0.25, 0.3) is 0 Å². The summed E-state index contributed by atoms with van der Waals surface area (Å²) in [6.45, 7) is 0. The van der Waals surface area contributed by atoms with Crippen molar-refractivity contribution in [2.45, 2.75) is 0 Å². The van der Waals surface area contributed by atoms with E-state index in [0.717, 1.165) is 11.1 Å². The van der Waals surface area contributed by atoms with Crippen molar-refractivity contribution in [3.05, 3.63) is 54.6 Å². The third kappa shape index (κ3) is 2.68. The molecule has 0 atom stereocenters. The minimum atomic E-state index is 0. The molecule has 0 saturated heterocycles. The van der Waals surface area contributed by atoms with Crippen LogP contribution in [0, 0.1) is 0 Å². The molecule has 0 amide bonds. The Morgan fingerprint density at radius 2 is 1.29 bits per heavy atom. The molecule has 0 heterocycles. The number of rotatable bonds is 1. The number of hydrogen-bond donors (Lipinski definition) is 0. The van der Waals surface area contributed by atoms with Gasteiger partial charge in [0.1, 0.15) is 0 Å². The van der Waals surface area contributed by atoms with E-state index in [9.17, 15) is 5.11 Å². The molecule has 64 valence electrons. The monoisotopic (exact) mass is 208 g/mol. The Labute approximate surface area is 126 Å². The third-order valence-corrected chi connectivity index (χ3v) is 1.97. The van der Waals surface area contributed by atoms with Crippen molar-refractivity contribution in [1.82, 2.24) is 0 Å². The number of benzene rings is 2. The van der Waals surface area contributed by atoms with E-state index in [1.54, 1.807) is 12.1 Å². The van der Waals surface area contributed by atoms with Crippen LogP contribution in [0.3, 0.4) is 0 Å². The molecule has 0 aromatic heterocycles. The van der Waals surface area contributed by atoms with Crippen molar-refractivity contribution in [3.63, 3.8) is 0 Å². The Hall–Kier alpha value is -0.124. The minimum absolute atomic E-state index is 0. The second kappa shape index (κ2) is 5.68. The molecule has 2 aromatic rings. The quantitative estimate of drug-likeness (QED) is 0.576. The fraction of sp³-hybridized carbons (Fsp3) is 0. The zero-order valence-corrected chi connectivity index (χ0v) is 11.2. The SMILES string of the molecule is [K+].[O-]c1ccccc1-c1ccccc1. The molecule has 0 radical (unpaired) electrons. The topological polar surface area (TPSA) is 23.1 Å². The minimum Gasteiger partial charge on any atom is -0.872 e. The van der Waals surface area contributed by atoms with Gasteiger partial charge in [0.05, 0.1) is 0 Å². The number of hydrogen-bond acceptors (Lipinski definition) is 1. The Morgan fingerprint density at radius 3 is 1.93 bits per heavy atom. The first-order valence-electron chi connectivity index (χ1n) is 4.19. The van der Waals surface area contributed by atoms with Gasteiger partial charge in [-0.2, -0.15) is 0 Å². The fourth-order valence-electron chi connectivity index (χ4n) is 1.32.